The highest BCUT2D eigenvalue weighted by Gasteiger charge is 2.25. The van der Waals surface area contributed by atoms with Crippen molar-refractivity contribution in [3.05, 3.63) is 0 Å². The van der Waals surface area contributed by atoms with Gasteiger partial charge in [-0.2, -0.15) is 0 Å². The molecule has 0 bridgehead atoms. The maximum absolute atomic E-state index is 11.7. The molecular weight excluding hydrogens is 244 g/mol. The Morgan fingerprint density at radius 1 is 1.32 bits per heavy atom. The van der Waals surface area contributed by atoms with Crippen molar-refractivity contribution in [3.8, 4) is 0 Å². The van der Waals surface area contributed by atoms with Crippen LogP contribution in [0.15, 0.2) is 0 Å². The van der Waals surface area contributed by atoms with Crippen LogP contribution in [0.25, 0.3) is 0 Å². The molecule has 5 heteroatoms. The van der Waals surface area contributed by atoms with Crippen LogP contribution in [0.4, 0.5) is 4.79 Å². The number of aliphatic carboxylic acids is 1. The van der Waals surface area contributed by atoms with Gasteiger partial charge in [-0.05, 0) is 31.1 Å². The second kappa shape index (κ2) is 7.36. The molecule has 0 aliphatic heterocycles. The first-order valence-electron chi connectivity index (χ1n) is 7.17. The third kappa shape index (κ3) is 5.49. The van der Waals surface area contributed by atoms with Gasteiger partial charge in [-0.15, -0.1) is 0 Å². The zero-order valence-electron chi connectivity index (χ0n) is 12.1. The molecule has 1 rings (SSSR count). The first kappa shape index (κ1) is 15.8. The van der Waals surface area contributed by atoms with Crippen molar-refractivity contribution in [2.45, 2.75) is 52.5 Å². The number of carbonyl (C=O) groups is 2. The summed E-state index contributed by atoms with van der Waals surface area (Å²) in [6.07, 6.45) is 3.89. The SMILES string of the molecule is CC(C)CC(CNC(=O)NC1CCCC1C)C(=O)O. The molecule has 0 saturated heterocycles. The van der Waals surface area contributed by atoms with Crippen LogP contribution in [0.2, 0.25) is 0 Å². The lowest BCUT2D eigenvalue weighted by molar-refractivity contribution is -0.142. The Bertz CT molecular complexity index is 318. The van der Waals surface area contributed by atoms with Crippen LogP contribution in [0.1, 0.15) is 46.5 Å². The van der Waals surface area contributed by atoms with Crippen molar-refractivity contribution in [2.24, 2.45) is 17.8 Å². The van der Waals surface area contributed by atoms with Gasteiger partial charge in [-0.1, -0.05) is 27.2 Å². The van der Waals surface area contributed by atoms with Crippen molar-refractivity contribution in [1.82, 2.24) is 10.6 Å². The van der Waals surface area contributed by atoms with E-state index in [0.717, 1.165) is 19.3 Å². The standard InChI is InChI=1S/C14H26N2O3/c1-9(2)7-11(13(17)18)8-15-14(19)16-12-6-4-5-10(12)3/h9-12H,4-8H2,1-3H3,(H,17,18)(H2,15,16,19). The number of amides is 2. The smallest absolute Gasteiger partial charge is 0.315 e. The first-order chi connectivity index (χ1) is 8.90. The van der Waals surface area contributed by atoms with Gasteiger partial charge in [0.2, 0.25) is 0 Å². The quantitative estimate of drug-likeness (QED) is 0.692. The Balaban J connectivity index is 2.33. The first-order valence-corrected chi connectivity index (χ1v) is 7.17. The van der Waals surface area contributed by atoms with Crippen LogP contribution >= 0.6 is 0 Å². The Morgan fingerprint density at radius 3 is 2.47 bits per heavy atom. The summed E-state index contributed by atoms with van der Waals surface area (Å²) in [6, 6.07) is -0.0119. The van der Waals surface area contributed by atoms with E-state index >= 15 is 0 Å². The van der Waals surface area contributed by atoms with Crippen molar-refractivity contribution < 1.29 is 14.7 Å². The Hall–Kier alpha value is -1.26. The summed E-state index contributed by atoms with van der Waals surface area (Å²) >= 11 is 0. The molecule has 19 heavy (non-hydrogen) atoms. The van der Waals surface area contributed by atoms with E-state index in [1.54, 1.807) is 0 Å². The van der Waals surface area contributed by atoms with E-state index in [2.05, 4.69) is 17.6 Å². The van der Waals surface area contributed by atoms with Crippen LogP contribution in [0.3, 0.4) is 0 Å². The zero-order chi connectivity index (χ0) is 14.4. The van der Waals surface area contributed by atoms with Gasteiger partial charge in [0.25, 0.3) is 0 Å². The highest BCUT2D eigenvalue weighted by Crippen LogP contribution is 2.24. The molecule has 1 aliphatic rings. The number of rotatable bonds is 6. The summed E-state index contributed by atoms with van der Waals surface area (Å²) in [5, 5.41) is 14.7. The van der Waals surface area contributed by atoms with Crippen molar-refractivity contribution in [1.29, 1.82) is 0 Å². The van der Waals surface area contributed by atoms with Gasteiger partial charge >= 0.3 is 12.0 Å². The Morgan fingerprint density at radius 2 is 2.00 bits per heavy atom. The summed E-state index contributed by atoms with van der Waals surface area (Å²) in [5.41, 5.74) is 0. The van der Waals surface area contributed by atoms with E-state index in [-0.39, 0.29) is 18.6 Å². The monoisotopic (exact) mass is 270 g/mol. The molecule has 0 aromatic carbocycles. The molecule has 3 atom stereocenters. The number of carboxylic acids is 1. The number of hydrogen-bond donors (Lipinski definition) is 3. The lowest BCUT2D eigenvalue weighted by atomic mass is 9.97. The fourth-order valence-electron chi connectivity index (χ4n) is 2.64. The van der Waals surface area contributed by atoms with E-state index in [9.17, 15) is 9.59 Å². The van der Waals surface area contributed by atoms with E-state index in [1.165, 1.54) is 0 Å². The zero-order valence-corrected chi connectivity index (χ0v) is 12.1. The third-order valence-corrected chi connectivity index (χ3v) is 3.79. The molecule has 0 heterocycles. The maximum Gasteiger partial charge on any atom is 0.315 e. The second-order valence-corrected chi connectivity index (χ2v) is 6.03. The summed E-state index contributed by atoms with van der Waals surface area (Å²) in [4.78, 5) is 22.8. The van der Waals surface area contributed by atoms with Gasteiger partial charge in [-0.25, -0.2) is 4.79 Å². The number of carboxylic acid groups (broad SMARTS) is 1. The van der Waals surface area contributed by atoms with Gasteiger partial charge in [0.1, 0.15) is 0 Å². The summed E-state index contributed by atoms with van der Waals surface area (Å²) < 4.78 is 0. The van der Waals surface area contributed by atoms with Crippen LogP contribution < -0.4 is 10.6 Å². The molecule has 5 nitrogen and oxygen atoms in total. The van der Waals surface area contributed by atoms with Crippen LogP contribution in [0, 0.1) is 17.8 Å². The average molecular weight is 270 g/mol. The Kier molecular flexibility index (Phi) is 6.12. The minimum Gasteiger partial charge on any atom is -0.481 e. The fraction of sp³-hybridized carbons (Fsp3) is 0.857. The number of hydrogen-bond acceptors (Lipinski definition) is 2. The normalized spacial score (nSPS) is 24.2. The molecule has 0 radical (unpaired) electrons. The van der Waals surface area contributed by atoms with Crippen LogP contribution in [-0.2, 0) is 4.79 Å². The molecule has 2 amide bonds. The third-order valence-electron chi connectivity index (χ3n) is 3.79. The maximum atomic E-state index is 11.7. The minimum atomic E-state index is -0.844. The summed E-state index contributed by atoms with van der Waals surface area (Å²) in [7, 11) is 0. The van der Waals surface area contributed by atoms with E-state index in [0.29, 0.717) is 18.3 Å². The molecule has 3 unspecified atom stereocenters. The van der Waals surface area contributed by atoms with Crippen molar-refractivity contribution >= 4 is 12.0 Å². The van der Waals surface area contributed by atoms with Crippen LogP contribution in [-0.4, -0.2) is 29.7 Å². The molecule has 1 saturated carbocycles. The lowest BCUT2D eigenvalue weighted by Gasteiger charge is -2.19. The largest absolute Gasteiger partial charge is 0.481 e. The predicted molar refractivity (Wildman–Crippen MR) is 73.9 cm³/mol. The van der Waals surface area contributed by atoms with Crippen LogP contribution in [0.5, 0.6) is 0 Å². The topological polar surface area (TPSA) is 78.4 Å². The molecule has 0 spiro atoms. The minimum absolute atomic E-state index is 0.195. The summed E-state index contributed by atoms with van der Waals surface area (Å²) in [5.74, 6) is -0.535. The molecule has 0 aromatic heterocycles. The Labute approximate surface area is 115 Å². The molecular formula is C14H26N2O3. The summed E-state index contributed by atoms with van der Waals surface area (Å²) in [6.45, 7) is 6.30. The van der Waals surface area contributed by atoms with E-state index in [1.807, 2.05) is 13.8 Å². The highest BCUT2D eigenvalue weighted by molar-refractivity contribution is 5.76. The van der Waals surface area contributed by atoms with Crippen molar-refractivity contribution in [3.63, 3.8) is 0 Å². The van der Waals surface area contributed by atoms with Gasteiger partial charge in [0.05, 0.1) is 5.92 Å². The van der Waals surface area contributed by atoms with E-state index < -0.39 is 11.9 Å². The molecule has 1 aliphatic carbocycles. The molecule has 0 aromatic rings. The molecule has 1 fully saturated rings. The number of urea groups is 1. The average Bonchev–Trinajstić information content (AvgIpc) is 2.69. The molecule has 110 valence electrons. The fourth-order valence-corrected chi connectivity index (χ4v) is 2.64. The number of carbonyl (C=O) groups excluding carboxylic acids is 1. The predicted octanol–water partition coefficient (Wildman–Crippen LogP) is 2.22. The number of nitrogens with one attached hydrogen (secondary N) is 2. The highest BCUT2D eigenvalue weighted by atomic mass is 16.4. The molecule has 3 N–H and O–H groups in total. The van der Waals surface area contributed by atoms with Gasteiger partial charge in [0.15, 0.2) is 0 Å². The van der Waals surface area contributed by atoms with Gasteiger partial charge in [-0.3, -0.25) is 4.79 Å². The lowest BCUT2D eigenvalue weighted by Crippen LogP contribution is -2.45. The van der Waals surface area contributed by atoms with E-state index in [4.69, 9.17) is 5.11 Å². The second-order valence-electron chi connectivity index (χ2n) is 6.03. The van der Waals surface area contributed by atoms with Gasteiger partial charge < -0.3 is 15.7 Å². The van der Waals surface area contributed by atoms with Gasteiger partial charge in [0, 0.05) is 12.6 Å². The van der Waals surface area contributed by atoms with Crippen molar-refractivity contribution in [2.75, 3.05) is 6.54 Å².